The van der Waals surface area contributed by atoms with E-state index in [0.29, 0.717) is 23.6 Å². The van der Waals surface area contributed by atoms with Crippen LogP contribution in [0.25, 0.3) is 0 Å². The van der Waals surface area contributed by atoms with Crippen LogP contribution in [0.5, 0.6) is 0 Å². The number of anilines is 1. The van der Waals surface area contributed by atoms with Gasteiger partial charge in [0, 0.05) is 29.2 Å². The number of nitrogens with zero attached hydrogens (tertiary/aromatic N) is 2. The van der Waals surface area contributed by atoms with Gasteiger partial charge in [-0.2, -0.15) is 5.26 Å². The summed E-state index contributed by atoms with van der Waals surface area (Å²) in [5.41, 5.74) is -0.0921. The first-order valence-electron chi connectivity index (χ1n) is 7.63. The molecule has 1 unspecified atom stereocenters. The first-order valence-corrected chi connectivity index (χ1v) is 8.00. The molecule has 0 radical (unpaired) electrons. The summed E-state index contributed by atoms with van der Waals surface area (Å²) in [7, 11) is 0. The number of ketones is 1. The molecule has 1 amide bonds. The van der Waals surface area contributed by atoms with Crippen LogP contribution in [0.2, 0.25) is 5.02 Å². The van der Waals surface area contributed by atoms with Crippen molar-refractivity contribution in [1.82, 2.24) is 0 Å². The Morgan fingerprint density at radius 1 is 1.17 bits per heavy atom. The van der Waals surface area contributed by atoms with Crippen molar-refractivity contribution in [2.24, 2.45) is 5.41 Å². The van der Waals surface area contributed by atoms with Crippen molar-refractivity contribution in [1.29, 1.82) is 5.26 Å². The molecule has 0 aliphatic carbocycles. The van der Waals surface area contributed by atoms with E-state index in [1.807, 2.05) is 30.3 Å². The number of amides is 1. The Hall–Kier alpha value is -2.64. The summed E-state index contributed by atoms with van der Waals surface area (Å²) in [6.07, 6.45) is 0.226. The highest BCUT2D eigenvalue weighted by atomic mass is 35.5. The van der Waals surface area contributed by atoms with Gasteiger partial charge < -0.3 is 4.90 Å². The van der Waals surface area contributed by atoms with E-state index in [1.165, 1.54) is 0 Å². The molecule has 0 bridgehead atoms. The van der Waals surface area contributed by atoms with Gasteiger partial charge in [0.15, 0.2) is 5.78 Å². The predicted octanol–water partition coefficient (Wildman–Crippen LogP) is 3.86. The summed E-state index contributed by atoms with van der Waals surface area (Å²) < 4.78 is 0. The topological polar surface area (TPSA) is 61.2 Å². The smallest absolute Gasteiger partial charge is 0.248 e. The first-order chi connectivity index (χ1) is 11.6. The van der Waals surface area contributed by atoms with Crippen molar-refractivity contribution in [3.8, 4) is 6.07 Å². The molecule has 0 saturated carbocycles. The van der Waals surface area contributed by atoms with E-state index in [2.05, 4.69) is 6.07 Å². The standard InChI is InChI=1S/C19H15ClN2O2/c20-15-8-6-14(7-9-15)17(23)12-19(13-21)10-11-22(18(19)24)16-4-2-1-3-5-16/h1-9H,10-12H2. The SMILES string of the molecule is N#CC1(CC(=O)c2ccc(Cl)cc2)CCN(c2ccccc2)C1=O. The highest BCUT2D eigenvalue weighted by Crippen LogP contribution is 2.38. The minimum atomic E-state index is -1.30. The second kappa shape index (κ2) is 6.46. The van der Waals surface area contributed by atoms with Crippen molar-refractivity contribution in [2.45, 2.75) is 12.8 Å². The van der Waals surface area contributed by atoms with Crippen molar-refractivity contribution >= 4 is 29.0 Å². The number of nitriles is 1. The molecule has 2 aromatic rings. The zero-order chi connectivity index (χ0) is 17.2. The lowest BCUT2D eigenvalue weighted by Crippen LogP contribution is -2.35. The largest absolute Gasteiger partial charge is 0.311 e. The molecule has 5 heteroatoms. The zero-order valence-corrected chi connectivity index (χ0v) is 13.7. The van der Waals surface area contributed by atoms with E-state index >= 15 is 0 Å². The molecule has 24 heavy (non-hydrogen) atoms. The molecular formula is C19H15ClN2O2. The van der Waals surface area contributed by atoms with Crippen LogP contribution in [-0.2, 0) is 4.79 Å². The van der Waals surface area contributed by atoms with Gasteiger partial charge in [-0.25, -0.2) is 0 Å². The summed E-state index contributed by atoms with van der Waals surface area (Å²) in [4.78, 5) is 26.9. The highest BCUT2D eigenvalue weighted by Gasteiger charge is 2.49. The van der Waals surface area contributed by atoms with Gasteiger partial charge in [-0.3, -0.25) is 9.59 Å². The van der Waals surface area contributed by atoms with Crippen molar-refractivity contribution in [3.05, 3.63) is 65.2 Å². The Bertz CT molecular complexity index is 812. The van der Waals surface area contributed by atoms with Gasteiger partial charge in [0.2, 0.25) is 5.91 Å². The molecule has 0 N–H and O–H groups in total. The molecule has 4 nitrogen and oxygen atoms in total. The van der Waals surface area contributed by atoms with Gasteiger partial charge in [0.05, 0.1) is 6.07 Å². The van der Waals surface area contributed by atoms with E-state index in [-0.39, 0.29) is 18.1 Å². The maximum Gasteiger partial charge on any atom is 0.248 e. The normalized spacial score (nSPS) is 20.0. The molecule has 1 aliphatic rings. The Morgan fingerprint density at radius 2 is 1.83 bits per heavy atom. The lowest BCUT2D eigenvalue weighted by Gasteiger charge is -2.20. The van der Waals surface area contributed by atoms with Crippen LogP contribution in [0.3, 0.4) is 0 Å². The third-order valence-corrected chi connectivity index (χ3v) is 4.58. The van der Waals surface area contributed by atoms with Gasteiger partial charge >= 0.3 is 0 Å². The molecule has 1 aliphatic heterocycles. The molecule has 1 heterocycles. The molecular weight excluding hydrogens is 324 g/mol. The van der Waals surface area contributed by atoms with E-state index < -0.39 is 5.41 Å². The van der Waals surface area contributed by atoms with Crippen LogP contribution < -0.4 is 4.90 Å². The van der Waals surface area contributed by atoms with Gasteiger partial charge in [-0.05, 0) is 42.8 Å². The fourth-order valence-corrected chi connectivity index (χ4v) is 3.07. The van der Waals surface area contributed by atoms with Gasteiger partial charge in [-0.15, -0.1) is 0 Å². The number of carbonyl (C=O) groups excluding carboxylic acids is 2. The number of halogens is 1. The van der Waals surface area contributed by atoms with Crippen LogP contribution in [-0.4, -0.2) is 18.2 Å². The third-order valence-electron chi connectivity index (χ3n) is 4.33. The number of hydrogen-bond acceptors (Lipinski definition) is 3. The fourth-order valence-electron chi connectivity index (χ4n) is 2.94. The minimum Gasteiger partial charge on any atom is -0.311 e. The number of rotatable bonds is 4. The molecule has 0 spiro atoms. The number of hydrogen-bond donors (Lipinski definition) is 0. The van der Waals surface area contributed by atoms with E-state index in [4.69, 9.17) is 11.6 Å². The van der Waals surface area contributed by atoms with Crippen molar-refractivity contribution in [2.75, 3.05) is 11.4 Å². The average Bonchev–Trinajstić information content (AvgIpc) is 2.93. The van der Waals surface area contributed by atoms with E-state index in [0.717, 1.165) is 5.69 Å². The Morgan fingerprint density at radius 3 is 2.46 bits per heavy atom. The molecule has 1 atom stereocenters. The van der Waals surface area contributed by atoms with Crippen molar-refractivity contribution in [3.63, 3.8) is 0 Å². The summed E-state index contributed by atoms with van der Waals surface area (Å²) in [5.74, 6) is -0.532. The quantitative estimate of drug-likeness (QED) is 0.795. The molecule has 120 valence electrons. The monoisotopic (exact) mass is 338 g/mol. The van der Waals surface area contributed by atoms with Crippen LogP contribution in [0, 0.1) is 16.7 Å². The summed E-state index contributed by atoms with van der Waals surface area (Å²) in [6, 6.07) is 17.8. The molecule has 3 rings (SSSR count). The van der Waals surface area contributed by atoms with E-state index in [9.17, 15) is 14.9 Å². The van der Waals surface area contributed by atoms with Crippen molar-refractivity contribution < 1.29 is 9.59 Å². The maximum absolute atomic E-state index is 12.8. The van der Waals surface area contributed by atoms with Crippen LogP contribution in [0.15, 0.2) is 54.6 Å². The fraction of sp³-hybridized carbons (Fsp3) is 0.211. The van der Waals surface area contributed by atoms with Crippen LogP contribution in [0.1, 0.15) is 23.2 Å². The predicted molar refractivity (Wildman–Crippen MR) is 91.9 cm³/mol. The Balaban J connectivity index is 1.83. The van der Waals surface area contributed by atoms with E-state index in [1.54, 1.807) is 29.2 Å². The number of Topliss-reactive ketones (excluding diaryl/α,β-unsaturated/α-hetero) is 1. The minimum absolute atomic E-state index is 0.118. The lowest BCUT2D eigenvalue weighted by atomic mass is 9.81. The van der Waals surface area contributed by atoms with Crippen LogP contribution in [0.4, 0.5) is 5.69 Å². The molecule has 1 fully saturated rings. The lowest BCUT2D eigenvalue weighted by molar-refractivity contribution is -0.123. The summed E-state index contributed by atoms with van der Waals surface area (Å²) in [5, 5.41) is 10.2. The van der Waals surface area contributed by atoms with Gasteiger partial charge in [0.1, 0.15) is 5.41 Å². The average molecular weight is 339 g/mol. The van der Waals surface area contributed by atoms with Gasteiger partial charge in [0.25, 0.3) is 0 Å². The first kappa shape index (κ1) is 16.2. The zero-order valence-electron chi connectivity index (χ0n) is 12.9. The molecule has 0 aromatic heterocycles. The summed E-state index contributed by atoms with van der Waals surface area (Å²) >= 11 is 5.83. The number of benzene rings is 2. The molecule has 2 aromatic carbocycles. The highest BCUT2D eigenvalue weighted by molar-refractivity contribution is 6.30. The molecule has 1 saturated heterocycles. The second-order valence-corrected chi connectivity index (χ2v) is 6.28. The Labute approximate surface area is 145 Å². The maximum atomic E-state index is 12.8. The Kier molecular flexibility index (Phi) is 4.37. The van der Waals surface area contributed by atoms with Crippen LogP contribution >= 0.6 is 11.6 Å². The third kappa shape index (κ3) is 2.91. The summed E-state index contributed by atoms with van der Waals surface area (Å²) in [6.45, 7) is 0.435. The second-order valence-electron chi connectivity index (χ2n) is 5.84. The number of para-hydroxylation sites is 1. The van der Waals surface area contributed by atoms with Gasteiger partial charge in [-0.1, -0.05) is 29.8 Å². The number of carbonyl (C=O) groups is 2.